The first-order valence-electron chi connectivity index (χ1n) is 11.3. The van der Waals surface area contributed by atoms with Gasteiger partial charge >= 0.3 is 12.1 Å². The van der Waals surface area contributed by atoms with Gasteiger partial charge in [-0.2, -0.15) is 0 Å². The van der Waals surface area contributed by atoms with Crippen LogP contribution in [0.1, 0.15) is 45.4 Å². The summed E-state index contributed by atoms with van der Waals surface area (Å²) in [4.78, 5) is 23.5. The maximum atomic E-state index is 11.1. The number of nitrogens with zero attached hydrogens (tertiary/aromatic N) is 2. The first-order valence-corrected chi connectivity index (χ1v) is 11.3. The highest BCUT2D eigenvalue weighted by molar-refractivity contribution is 5.88. The Kier molecular flexibility index (Phi) is 7.02. The van der Waals surface area contributed by atoms with E-state index in [9.17, 15) is 9.59 Å². The van der Waals surface area contributed by atoms with Gasteiger partial charge in [0, 0.05) is 20.0 Å². The SMILES string of the molecule is CC(=O)OC[C@H]1CC[C@@H](Oc2cccc3onc(OCC4CCN(C(=O)O)CC4)c23)CC1. The average Bonchev–Trinajstić information content (AvgIpc) is 3.21. The summed E-state index contributed by atoms with van der Waals surface area (Å²) in [7, 11) is 0. The van der Waals surface area contributed by atoms with Gasteiger partial charge in [-0.05, 0) is 67.7 Å². The number of carboxylic acid groups (broad SMARTS) is 1. The fraction of sp³-hybridized carbons (Fsp3) is 0.609. The lowest BCUT2D eigenvalue weighted by Crippen LogP contribution is -2.38. The second-order valence-corrected chi connectivity index (χ2v) is 8.70. The highest BCUT2D eigenvalue weighted by Gasteiger charge is 2.26. The van der Waals surface area contributed by atoms with E-state index in [0.717, 1.165) is 43.9 Å². The molecule has 2 aromatic rings. The number of aromatic nitrogens is 1. The van der Waals surface area contributed by atoms with Crippen molar-refractivity contribution in [3.63, 3.8) is 0 Å². The molecule has 1 N–H and O–H groups in total. The van der Waals surface area contributed by atoms with Crippen LogP contribution in [0.2, 0.25) is 0 Å². The van der Waals surface area contributed by atoms with E-state index in [-0.39, 0.29) is 18.0 Å². The van der Waals surface area contributed by atoms with E-state index in [1.807, 2.05) is 18.2 Å². The lowest BCUT2D eigenvalue weighted by molar-refractivity contribution is -0.142. The highest BCUT2D eigenvalue weighted by atomic mass is 16.5. The molecule has 174 valence electrons. The van der Waals surface area contributed by atoms with Crippen LogP contribution in [-0.4, -0.2) is 59.6 Å². The van der Waals surface area contributed by atoms with Crippen molar-refractivity contribution in [3.8, 4) is 11.6 Å². The number of benzene rings is 1. The number of amides is 1. The zero-order chi connectivity index (χ0) is 22.5. The fourth-order valence-corrected chi connectivity index (χ4v) is 4.45. The average molecular weight is 447 g/mol. The summed E-state index contributed by atoms with van der Waals surface area (Å²) in [6.45, 7) is 3.43. The lowest BCUT2D eigenvalue weighted by atomic mass is 9.88. The number of ether oxygens (including phenoxy) is 3. The molecule has 1 aromatic carbocycles. The van der Waals surface area contributed by atoms with E-state index in [1.54, 1.807) is 0 Å². The molecule has 0 spiro atoms. The molecule has 32 heavy (non-hydrogen) atoms. The molecule has 2 fully saturated rings. The van der Waals surface area contributed by atoms with Crippen molar-refractivity contribution in [2.75, 3.05) is 26.3 Å². The van der Waals surface area contributed by atoms with Gasteiger partial charge in [-0.25, -0.2) is 4.79 Å². The summed E-state index contributed by atoms with van der Waals surface area (Å²) in [5, 5.41) is 13.9. The lowest BCUT2D eigenvalue weighted by Gasteiger charge is -2.29. The molecule has 2 aliphatic rings. The quantitative estimate of drug-likeness (QED) is 0.633. The van der Waals surface area contributed by atoms with Crippen molar-refractivity contribution < 1.29 is 33.4 Å². The summed E-state index contributed by atoms with van der Waals surface area (Å²) in [5.74, 6) is 1.54. The van der Waals surface area contributed by atoms with Gasteiger partial charge in [-0.3, -0.25) is 4.79 Å². The minimum absolute atomic E-state index is 0.0808. The molecule has 1 saturated heterocycles. The van der Waals surface area contributed by atoms with Crippen LogP contribution in [0.15, 0.2) is 22.7 Å². The maximum Gasteiger partial charge on any atom is 0.407 e. The zero-order valence-corrected chi connectivity index (χ0v) is 18.3. The number of likely N-dealkylation sites (tertiary alicyclic amines) is 1. The standard InChI is InChI=1S/C23H30N2O7/c1-15(26)29-13-16-5-7-18(8-6-16)31-19-3-2-4-20-21(19)22(24-32-20)30-14-17-9-11-25(12-10-17)23(27)28/h2-4,16-18H,5-14H2,1H3,(H,27,28)/t16-,18+. The van der Waals surface area contributed by atoms with E-state index in [4.69, 9.17) is 23.8 Å². The van der Waals surface area contributed by atoms with Gasteiger partial charge in [-0.15, -0.1) is 0 Å². The molecule has 1 aliphatic heterocycles. The number of hydrogen-bond acceptors (Lipinski definition) is 7. The summed E-state index contributed by atoms with van der Waals surface area (Å²) in [6.07, 6.45) is 4.44. The first kappa shape index (κ1) is 22.2. The number of fused-ring (bicyclic) bond motifs is 1. The van der Waals surface area contributed by atoms with Gasteiger partial charge in [-0.1, -0.05) is 6.07 Å². The van der Waals surface area contributed by atoms with Crippen molar-refractivity contribution in [1.82, 2.24) is 10.1 Å². The molecule has 1 saturated carbocycles. The largest absolute Gasteiger partial charge is 0.489 e. The smallest absolute Gasteiger partial charge is 0.407 e. The molecule has 9 nitrogen and oxygen atoms in total. The maximum absolute atomic E-state index is 11.1. The molecular formula is C23H30N2O7. The minimum atomic E-state index is -0.867. The second kappa shape index (κ2) is 10.1. The molecule has 1 aliphatic carbocycles. The molecule has 9 heteroatoms. The number of esters is 1. The van der Waals surface area contributed by atoms with E-state index in [1.165, 1.54) is 11.8 Å². The molecule has 0 atom stereocenters. The van der Waals surface area contributed by atoms with Gasteiger partial charge < -0.3 is 28.7 Å². The number of carbonyl (C=O) groups is 2. The third-order valence-corrected chi connectivity index (χ3v) is 6.38. The van der Waals surface area contributed by atoms with Crippen molar-refractivity contribution in [2.24, 2.45) is 11.8 Å². The Hall–Kier alpha value is -2.97. The number of piperidine rings is 1. The predicted molar refractivity (Wildman–Crippen MR) is 115 cm³/mol. The van der Waals surface area contributed by atoms with Crippen LogP contribution in [0.25, 0.3) is 11.0 Å². The topological polar surface area (TPSA) is 111 Å². The number of rotatable bonds is 7. The molecule has 1 aromatic heterocycles. The van der Waals surface area contributed by atoms with Crippen LogP contribution < -0.4 is 9.47 Å². The zero-order valence-electron chi connectivity index (χ0n) is 18.3. The third kappa shape index (κ3) is 5.44. The Morgan fingerprint density at radius 2 is 1.81 bits per heavy atom. The van der Waals surface area contributed by atoms with Crippen molar-refractivity contribution >= 4 is 23.0 Å². The Balaban J connectivity index is 1.34. The van der Waals surface area contributed by atoms with E-state index < -0.39 is 6.09 Å². The van der Waals surface area contributed by atoms with Crippen molar-refractivity contribution in [3.05, 3.63) is 18.2 Å². The van der Waals surface area contributed by atoms with Gasteiger partial charge in [0.1, 0.15) is 11.1 Å². The van der Waals surface area contributed by atoms with Gasteiger partial charge in [0.2, 0.25) is 0 Å². The van der Waals surface area contributed by atoms with Crippen molar-refractivity contribution in [2.45, 2.75) is 51.6 Å². The van der Waals surface area contributed by atoms with Gasteiger partial charge in [0.15, 0.2) is 5.58 Å². The van der Waals surface area contributed by atoms with Crippen LogP contribution in [-0.2, 0) is 9.53 Å². The normalized spacial score (nSPS) is 22.0. The Bertz CT molecular complexity index is 928. The Labute approximate surface area is 186 Å². The Morgan fingerprint density at radius 3 is 2.50 bits per heavy atom. The van der Waals surface area contributed by atoms with Crippen LogP contribution in [0.4, 0.5) is 4.79 Å². The van der Waals surface area contributed by atoms with E-state index in [2.05, 4.69) is 5.16 Å². The fourth-order valence-electron chi connectivity index (χ4n) is 4.45. The monoisotopic (exact) mass is 446 g/mol. The van der Waals surface area contributed by atoms with Crippen LogP contribution in [0.5, 0.6) is 11.6 Å². The van der Waals surface area contributed by atoms with Gasteiger partial charge in [0.25, 0.3) is 5.88 Å². The molecule has 4 rings (SSSR count). The van der Waals surface area contributed by atoms with Crippen LogP contribution >= 0.6 is 0 Å². The van der Waals surface area contributed by atoms with Crippen LogP contribution in [0, 0.1) is 11.8 Å². The molecule has 2 heterocycles. The summed E-state index contributed by atoms with van der Waals surface area (Å²) >= 11 is 0. The van der Waals surface area contributed by atoms with E-state index in [0.29, 0.717) is 49.4 Å². The molecule has 0 radical (unpaired) electrons. The molecule has 0 unspecified atom stereocenters. The predicted octanol–water partition coefficient (Wildman–Crippen LogP) is 4.10. The minimum Gasteiger partial charge on any atom is -0.489 e. The molecular weight excluding hydrogens is 416 g/mol. The van der Waals surface area contributed by atoms with Crippen molar-refractivity contribution in [1.29, 1.82) is 0 Å². The summed E-state index contributed by atoms with van der Waals surface area (Å²) in [5.41, 5.74) is 0.613. The number of carbonyl (C=O) groups excluding carboxylic acids is 1. The summed E-state index contributed by atoms with van der Waals surface area (Å²) in [6, 6.07) is 5.62. The van der Waals surface area contributed by atoms with Gasteiger partial charge in [0.05, 0.1) is 19.3 Å². The Morgan fingerprint density at radius 1 is 1.09 bits per heavy atom. The molecule has 1 amide bonds. The number of hydrogen-bond donors (Lipinski definition) is 1. The third-order valence-electron chi connectivity index (χ3n) is 6.38. The summed E-state index contributed by atoms with van der Waals surface area (Å²) < 4.78 is 22.9. The highest BCUT2D eigenvalue weighted by Crippen LogP contribution is 2.37. The first-order chi connectivity index (χ1) is 15.5. The van der Waals surface area contributed by atoms with E-state index >= 15 is 0 Å². The second-order valence-electron chi connectivity index (χ2n) is 8.70. The van der Waals surface area contributed by atoms with Crippen LogP contribution in [0.3, 0.4) is 0 Å². The molecule has 0 bridgehead atoms.